The summed E-state index contributed by atoms with van der Waals surface area (Å²) in [5.41, 5.74) is 2.79. The molecule has 0 saturated heterocycles. The van der Waals surface area contributed by atoms with E-state index in [-0.39, 0.29) is 11.8 Å². The molecule has 0 aliphatic carbocycles. The Kier molecular flexibility index (Phi) is 7.76. The second kappa shape index (κ2) is 10.7. The maximum Gasteiger partial charge on any atom is 0.255 e. The quantitative estimate of drug-likeness (QED) is 0.487. The lowest BCUT2D eigenvalue weighted by molar-refractivity contribution is -0.113. The molecule has 0 aliphatic rings. The molecule has 5 nitrogen and oxygen atoms in total. The fourth-order valence-electron chi connectivity index (χ4n) is 2.73. The molecule has 3 aromatic rings. The third kappa shape index (κ3) is 6.27. The minimum Gasteiger partial charge on any atom is -0.495 e. The van der Waals surface area contributed by atoms with Gasteiger partial charge in [0.15, 0.2) is 0 Å². The van der Waals surface area contributed by atoms with Gasteiger partial charge in [0.25, 0.3) is 5.91 Å². The van der Waals surface area contributed by atoms with Crippen molar-refractivity contribution in [3.8, 4) is 5.75 Å². The molecule has 0 bridgehead atoms. The second-order valence-corrected chi connectivity index (χ2v) is 7.82. The van der Waals surface area contributed by atoms with Gasteiger partial charge < -0.3 is 15.4 Å². The number of methoxy groups -OCH3 is 1. The summed E-state index contributed by atoms with van der Waals surface area (Å²) in [4.78, 5) is 24.6. The predicted molar refractivity (Wildman–Crippen MR) is 124 cm³/mol. The van der Waals surface area contributed by atoms with Gasteiger partial charge in [-0.1, -0.05) is 35.9 Å². The molecule has 0 spiro atoms. The van der Waals surface area contributed by atoms with E-state index in [4.69, 9.17) is 16.3 Å². The predicted octanol–water partition coefficient (Wildman–Crippen LogP) is 5.47. The highest BCUT2D eigenvalue weighted by Gasteiger charge is 2.10. The van der Waals surface area contributed by atoms with E-state index in [1.807, 2.05) is 36.4 Å². The molecule has 2 N–H and O–H groups in total. The molecule has 0 aliphatic heterocycles. The lowest BCUT2D eigenvalue weighted by Gasteiger charge is -2.10. The monoisotopic (exact) mass is 440 g/mol. The van der Waals surface area contributed by atoms with Crippen LogP contribution in [0, 0.1) is 0 Å². The average Bonchev–Trinajstić information content (AvgIpc) is 2.74. The fourth-order valence-corrected chi connectivity index (χ4v) is 3.72. The smallest absolute Gasteiger partial charge is 0.255 e. The Morgan fingerprint density at radius 1 is 0.967 bits per heavy atom. The number of benzene rings is 3. The van der Waals surface area contributed by atoms with Crippen molar-refractivity contribution in [3.63, 3.8) is 0 Å². The van der Waals surface area contributed by atoms with Crippen LogP contribution >= 0.6 is 23.4 Å². The summed E-state index contributed by atoms with van der Waals surface area (Å²) in [5, 5.41) is 6.34. The molecule has 7 heteroatoms. The molecule has 2 amide bonds. The highest BCUT2D eigenvalue weighted by atomic mass is 35.5. The van der Waals surface area contributed by atoms with E-state index in [1.54, 1.807) is 43.5 Å². The van der Waals surface area contributed by atoms with Crippen molar-refractivity contribution in [3.05, 3.63) is 88.9 Å². The van der Waals surface area contributed by atoms with Crippen LogP contribution in [0.4, 0.5) is 11.4 Å². The molecule has 30 heavy (non-hydrogen) atoms. The first-order valence-electron chi connectivity index (χ1n) is 9.21. The Balaban J connectivity index is 1.50. The number of ether oxygens (including phenoxy) is 1. The van der Waals surface area contributed by atoms with E-state index in [1.165, 1.54) is 11.8 Å². The zero-order valence-corrected chi connectivity index (χ0v) is 17.9. The number of nitrogens with one attached hydrogen (secondary N) is 2. The summed E-state index contributed by atoms with van der Waals surface area (Å²) < 4.78 is 5.24. The van der Waals surface area contributed by atoms with Crippen molar-refractivity contribution >= 4 is 46.6 Å². The molecule has 0 heterocycles. The number of hydrogen-bond acceptors (Lipinski definition) is 4. The summed E-state index contributed by atoms with van der Waals surface area (Å²) >= 11 is 7.47. The van der Waals surface area contributed by atoms with Crippen molar-refractivity contribution in [1.29, 1.82) is 0 Å². The van der Waals surface area contributed by atoms with Gasteiger partial charge in [-0.05, 0) is 54.1 Å². The van der Waals surface area contributed by atoms with Crippen molar-refractivity contribution in [2.75, 3.05) is 23.5 Å². The number of anilines is 2. The first-order valence-corrected chi connectivity index (χ1v) is 10.7. The van der Waals surface area contributed by atoms with Crippen LogP contribution in [0.15, 0.2) is 72.8 Å². The maximum absolute atomic E-state index is 12.4. The van der Waals surface area contributed by atoms with Gasteiger partial charge in [0.05, 0.1) is 18.6 Å². The van der Waals surface area contributed by atoms with Gasteiger partial charge in [-0.3, -0.25) is 9.59 Å². The third-order valence-corrected chi connectivity index (χ3v) is 5.42. The van der Waals surface area contributed by atoms with Crippen LogP contribution in [0.1, 0.15) is 15.9 Å². The fraction of sp³-hybridized carbons (Fsp3) is 0.130. The van der Waals surface area contributed by atoms with E-state index in [0.717, 1.165) is 5.56 Å². The van der Waals surface area contributed by atoms with Crippen molar-refractivity contribution in [2.24, 2.45) is 0 Å². The molecule has 0 aromatic heterocycles. The summed E-state index contributed by atoms with van der Waals surface area (Å²) in [5.74, 6) is 1.26. The van der Waals surface area contributed by atoms with Gasteiger partial charge in [-0.15, -0.1) is 11.8 Å². The normalized spacial score (nSPS) is 10.3. The Hall–Kier alpha value is -2.96. The maximum atomic E-state index is 12.4. The van der Waals surface area contributed by atoms with Crippen LogP contribution in [-0.4, -0.2) is 24.7 Å². The van der Waals surface area contributed by atoms with Gasteiger partial charge in [-0.25, -0.2) is 0 Å². The molecular formula is C23H21ClN2O3S. The summed E-state index contributed by atoms with van der Waals surface area (Å²) in [7, 11) is 1.55. The number of amides is 2. The van der Waals surface area contributed by atoms with Gasteiger partial charge in [0, 0.05) is 22.0 Å². The summed E-state index contributed by atoms with van der Waals surface area (Å²) in [6.07, 6.45) is 0. The van der Waals surface area contributed by atoms with Gasteiger partial charge in [0.1, 0.15) is 5.75 Å². The van der Waals surface area contributed by atoms with E-state index in [0.29, 0.717) is 39.2 Å². The Morgan fingerprint density at radius 2 is 1.73 bits per heavy atom. The van der Waals surface area contributed by atoms with Gasteiger partial charge in [-0.2, -0.15) is 0 Å². The Morgan fingerprint density at radius 3 is 2.47 bits per heavy atom. The highest BCUT2D eigenvalue weighted by molar-refractivity contribution is 7.99. The number of rotatable bonds is 8. The molecule has 3 rings (SSSR count). The van der Waals surface area contributed by atoms with Crippen molar-refractivity contribution < 1.29 is 14.3 Å². The SMILES string of the molecule is COc1ccccc1NC(=O)c1ccc(NC(=O)CSCc2cccc(Cl)c2)cc1. The number of para-hydroxylation sites is 2. The lowest BCUT2D eigenvalue weighted by Crippen LogP contribution is -2.15. The van der Waals surface area contributed by atoms with Crippen LogP contribution in [0.5, 0.6) is 5.75 Å². The second-order valence-electron chi connectivity index (χ2n) is 6.40. The molecule has 0 fully saturated rings. The first-order chi connectivity index (χ1) is 14.5. The number of thioether (sulfide) groups is 1. The molecule has 0 radical (unpaired) electrons. The van der Waals surface area contributed by atoms with E-state index in [2.05, 4.69) is 10.6 Å². The highest BCUT2D eigenvalue weighted by Crippen LogP contribution is 2.24. The molecule has 0 atom stereocenters. The molecular weight excluding hydrogens is 420 g/mol. The van der Waals surface area contributed by atoms with Crippen LogP contribution in [0.25, 0.3) is 0 Å². The standard InChI is InChI=1S/C23H21ClN2O3S/c1-29-21-8-3-2-7-20(21)26-23(28)17-9-11-19(12-10-17)25-22(27)15-30-14-16-5-4-6-18(24)13-16/h2-13H,14-15H2,1H3,(H,25,27)(H,26,28). The third-order valence-electron chi connectivity index (χ3n) is 4.18. The van der Waals surface area contributed by atoms with Crippen molar-refractivity contribution in [2.45, 2.75) is 5.75 Å². The Bertz CT molecular complexity index is 1020. The molecule has 0 saturated carbocycles. The van der Waals surface area contributed by atoms with Crippen LogP contribution in [0.3, 0.4) is 0 Å². The average molecular weight is 441 g/mol. The van der Waals surface area contributed by atoms with Gasteiger partial charge in [0.2, 0.25) is 5.91 Å². The first kappa shape index (κ1) is 21.7. The van der Waals surface area contributed by atoms with E-state index < -0.39 is 0 Å². The van der Waals surface area contributed by atoms with Crippen LogP contribution in [-0.2, 0) is 10.5 Å². The number of hydrogen-bond donors (Lipinski definition) is 2. The molecule has 0 unspecified atom stereocenters. The summed E-state index contributed by atoms with van der Waals surface area (Å²) in [6.45, 7) is 0. The lowest BCUT2D eigenvalue weighted by atomic mass is 10.2. The zero-order valence-electron chi connectivity index (χ0n) is 16.4. The van der Waals surface area contributed by atoms with E-state index >= 15 is 0 Å². The number of carbonyl (C=O) groups excluding carboxylic acids is 2. The molecule has 154 valence electrons. The Labute approximate surface area is 184 Å². The van der Waals surface area contributed by atoms with Gasteiger partial charge >= 0.3 is 0 Å². The minimum absolute atomic E-state index is 0.103. The van der Waals surface area contributed by atoms with E-state index in [9.17, 15) is 9.59 Å². The van der Waals surface area contributed by atoms with Crippen LogP contribution < -0.4 is 15.4 Å². The minimum atomic E-state index is -0.255. The largest absolute Gasteiger partial charge is 0.495 e. The number of carbonyl (C=O) groups is 2. The number of halogens is 1. The topological polar surface area (TPSA) is 67.4 Å². The van der Waals surface area contributed by atoms with Crippen LogP contribution in [0.2, 0.25) is 5.02 Å². The summed E-state index contributed by atoms with van der Waals surface area (Å²) in [6, 6.07) is 21.5. The van der Waals surface area contributed by atoms with Crippen molar-refractivity contribution in [1.82, 2.24) is 0 Å². The zero-order chi connectivity index (χ0) is 21.3. The molecule has 3 aromatic carbocycles.